The molecule has 3 amide bonds. The molecule has 11 nitrogen and oxygen atoms in total. The minimum Gasteiger partial charge on any atom is -0.497 e. The second-order valence-corrected chi connectivity index (χ2v) is 10.8. The molecule has 0 radical (unpaired) electrons. The number of carbonyl (C=O) groups is 2. The highest BCUT2D eigenvalue weighted by molar-refractivity contribution is 8.15. The van der Waals surface area contributed by atoms with E-state index in [2.05, 4.69) is 30.3 Å². The summed E-state index contributed by atoms with van der Waals surface area (Å²) in [4.78, 5) is 35.1. The second kappa shape index (κ2) is 13.2. The SMILES string of the molecule is COc1ccc(C(C)C)c(N2C(=O)CSC2=NC(=O)N/N=C/c2ccc(-c3ncn(-c4ccc(OC(F)(F)F)cc4)n3)cc2)c1. The van der Waals surface area contributed by atoms with E-state index in [-0.39, 0.29) is 28.5 Å². The Labute approximate surface area is 259 Å². The number of methoxy groups -OCH3 is 1. The van der Waals surface area contributed by atoms with Crippen molar-refractivity contribution in [2.45, 2.75) is 26.1 Å². The van der Waals surface area contributed by atoms with Gasteiger partial charge in [-0.2, -0.15) is 10.1 Å². The van der Waals surface area contributed by atoms with Crippen LogP contribution >= 0.6 is 11.8 Å². The number of hydrazone groups is 1. The maximum absolute atomic E-state index is 12.8. The van der Waals surface area contributed by atoms with Gasteiger partial charge in [-0.1, -0.05) is 55.9 Å². The number of aliphatic imine (C=N–C) groups is 1. The highest BCUT2D eigenvalue weighted by atomic mass is 32.2. The molecule has 1 N–H and O–H groups in total. The molecule has 3 aromatic carbocycles. The number of hydrogen-bond acceptors (Lipinski definition) is 8. The smallest absolute Gasteiger partial charge is 0.497 e. The minimum atomic E-state index is -4.77. The van der Waals surface area contributed by atoms with Gasteiger partial charge in [0.2, 0.25) is 5.91 Å². The van der Waals surface area contributed by atoms with Crippen LogP contribution in [0.5, 0.6) is 11.5 Å². The molecule has 0 saturated carbocycles. The van der Waals surface area contributed by atoms with Crippen molar-refractivity contribution < 1.29 is 32.2 Å². The van der Waals surface area contributed by atoms with Crippen LogP contribution in [0.15, 0.2) is 83.2 Å². The van der Waals surface area contributed by atoms with Gasteiger partial charge in [0, 0.05) is 11.6 Å². The quantitative estimate of drug-likeness (QED) is 0.182. The van der Waals surface area contributed by atoms with Crippen LogP contribution in [0.25, 0.3) is 17.1 Å². The van der Waals surface area contributed by atoms with Crippen molar-refractivity contribution in [3.8, 4) is 28.6 Å². The van der Waals surface area contributed by atoms with Gasteiger partial charge in [0.1, 0.15) is 17.8 Å². The Bertz CT molecular complexity index is 1750. The molecule has 0 unspecified atom stereocenters. The van der Waals surface area contributed by atoms with Crippen LogP contribution in [0.1, 0.15) is 30.9 Å². The van der Waals surface area contributed by atoms with Crippen molar-refractivity contribution in [1.29, 1.82) is 0 Å². The maximum atomic E-state index is 12.8. The Morgan fingerprint density at radius 3 is 2.44 bits per heavy atom. The Hall–Kier alpha value is -5.18. The first-order chi connectivity index (χ1) is 21.5. The number of amidine groups is 1. The van der Waals surface area contributed by atoms with Crippen molar-refractivity contribution >= 4 is 40.8 Å². The summed E-state index contributed by atoms with van der Waals surface area (Å²) >= 11 is 1.16. The first-order valence-corrected chi connectivity index (χ1v) is 14.4. The van der Waals surface area contributed by atoms with Crippen molar-refractivity contribution in [1.82, 2.24) is 20.2 Å². The lowest BCUT2D eigenvalue weighted by Crippen LogP contribution is -2.31. The summed E-state index contributed by atoms with van der Waals surface area (Å²) in [6.07, 6.45) is -1.90. The van der Waals surface area contributed by atoms with Crippen LogP contribution < -0.4 is 19.8 Å². The monoisotopic (exact) mass is 637 g/mol. The fourth-order valence-corrected chi connectivity index (χ4v) is 5.18. The number of rotatable bonds is 8. The summed E-state index contributed by atoms with van der Waals surface area (Å²) in [7, 11) is 1.54. The molecule has 45 heavy (non-hydrogen) atoms. The lowest BCUT2D eigenvalue weighted by atomic mass is 10.00. The number of amides is 3. The third kappa shape index (κ3) is 7.67. The van der Waals surface area contributed by atoms with Gasteiger partial charge in [0.05, 0.1) is 30.5 Å². The zero-order valence-electron chi connectivity index (χ0n) is 24.1. The summed E-state index contributed by atoms with van der Waals surface area (Å²) in [5.74, 6) is 0.698. The lowest BCUT2D eigenvalue weighted by molar-refractivity contribution is -0.274. The Morgan fingerprint density at radius 2 is 1.78 bits per heavy atom. The molecule has 0 spiro atoms. The molecule has 1 fully saturated rings. The standard InChI is InChI=1S/C30H26F3N7O4S/c1-18(2)24-13-12-23(43-3)14-25(24)40-26(41)16-45-29(40)36-28(42)37-35-15-19-4-6-20(7-5-19)27-34-17-39(38-27)21-8-10-22(11-9-21)44-30(31,32)33/h4-15,17-18H,16H2,1-3H3,(H,37,42)/b35-15+,36-29?. The zero-order valence-corrected chi connectivity index (χ0v) is 25.0. The normalized spacial score (nSPS) is 14.5. The number of alkyl halides is 3. The molecule has 0 atom stereocenters. The molecule has 1 aliphatic rings. The molecule has 0 aliphatic carbocycles. The largest absolute Gasteiger partial charge is 0.573 e. The Balaban J connectivity index is 1.22. The van der Waals surface area contributed by atoms with Crippen molar-refractivity contribution in [2.24, 2.45) is 10.1 Å². The third-order valence-corrected chi connectivity index (χ3v) is 7.36. The molecule has 1 aliphatic heterocycles. The molecular formula is C30H26F3N7O4S. The molecule has 5 rings (SSSR count). The number of aromatic nitrogens is 3. The number of nitrogens with one attached hydrogen (secondary N) is 1. The van der Waals surface area contributed by atoms with Gasteiger partial charge in [-0.25, -0.2) is 19.9 Å². The minimum absolute atomic E-state index is 0.115. The second-order valence-electron chi connectivity index (χ2n) is 9.84. The lowest BCUT2D eigenvalue weighted by Gasteiger charge is -2.22. The number of carbonyl (C=O) groups excluding carboxylic acids is 2. The van der Waals surface area contributed by atoms with Crippen molar-refractivity contribution in [3.63, 3.8) is 0 Å². The van der Waals surface area contributed by atoms with E-state index in [1.165, 1.54) is 46.4 Å². The van der Waals surface area contributed by atoms with E-state index in [1.54, 1.807) is 37.4 Å². The summed E-state index contributed by atoms with van der Waals surface area (Å²) in [6.45, 7) is 4.02. The summed E-state index contributed by atoms with van der Waals surface area (Å²) in [5.41, 5.74) is 5.73. The van der Waals surface area contributed by atoms with Crippen LogP contribution in [-0.2, 0) is 4.79 Å². The number of urea groups is 1. The van der Waals surface area contributed by atoms with Gasteiger partial charge in [-0.3, -0.25) is 9.69 Å². The molecular weight excluding hydrogens is 611 g/mol. The highest BCUT2D eigenvalue weighted by Crippen LogP contribution is 2.36. The molecule has 2 heterocycles. The topological polar surface area (TPSA) is 123 Å². The number of nitrogens with zero attached hydrogens (tertiary/aromatic N) is 6. The predicted octanol–water partition coefficient (Wildman–Crippen LogP) is 6.14. The fraction of sp³-hybridized carbons (Fsp3) is 0.200. The van der Waals surface area contributed by atoms with Gasteiger partial charge in [0.15, 0.2) is 11.0 Å². The first-order valence-electron chi connectivity index (χ1n) is 13.4. The van der Waals surface area contributed by atoms with Gasteiger partial charge in [-0.05, 0) is 47.4 Å². The van der Waals surface area contributed by atoms with Crippen LogP contribution in [0.4, 0.5) is 23.7 Å². The number of halogens is 3. The summed E-state index contributed by atoms with van der Waals surface area (Å²) in [6, 6.07) is 16.9. The van der Waals surface area contributed by atoms with E-state index >= 15 is 0 Å². The van der Waals surface area contributed by atoms with E-state index in [9.17, 15) is 22.8 Å². The average Bonchev–Trinajstić information content (AvgIpc) is 3.64. The number of anilines is 1. The van der Waals surface area contributed by atoms with Crippen LogP contribution in [0, 0.1) is 0 Å². The van der Waals surface area contributed by atoms with E-state index in [0.717, 1.165) is 17.3 Å². The van der Waals surface area contributed by atoms with E-state index in [4.69, 9.17) is 4.74 Å². The van der Waals surface area contributed by atoms with Gasteiger partial charge in [0.25, 0.3) is 0 Å². The molecule has 0 bridgehead atoms. The van der Waals surface area contributed by atoms with E-state index in [0.29, 0.717) is 34.1 Å². The fourth-order valence-electron chi connectivity index (χ4n) is 4.33. The number of thioether (sulfide) groups is 1. The third-order valence-electron chi connectivity index (χ3n) is 6.43. The van der Waals surface area contributed by atoms with E-state index in [1.807, 2.05) is 26.0 Å². The van der Waals surface area contributed by atoms with Crippen molar-refractivity contribution in [3.05, 3.63) is 84.2 Å². The number of ether oxygens (including phenoxy) is 2. The van der Waals surface area contributed by atoms with Gasteiger partial charge in [-0.15, -0.1) is 18.3 Å². The van der Waals surface area contributed by atoms with E-state index < -0.39 is 12.4 Å². The molecule has 1 saturated heterocycles. The molecule has 15 heteroatoms. The molecule has 4 aromatic rings. The molecule has 232 valence electrons. The first kappa shape index (κ1) is 31.3. The van der Waals surface area contributed by atoms with Crippen molar-refractivity contribution in [2.75, 3.05) is 17.8 Å². The van der Waals surface area contributed by atoms with Crippen LogP contribution in [0.2, 0.25) is 0 Å². The number of benzene rings is 3. The van der Waals surface area contributed by atoms with Gasteiger partial charge < -0.3 is 9.47 Å². The molecule has 1 aromatic heterocycles. The van der Waals surface area contributed by atoms with Gasteiger partial charge >= 0.3 is 12.4 Å². The predicted molar refractivity (Wildman–Crippen MR) is 164 cm³/mol. The maximum Gasteiger partial charge on any atom is 0.573 e. The summed E-state index contributed by atoms with van der Waals surface area (Å²) in [5, 5.41) is 8.59. The zero-order chi connectivity index (χ0) is 32.1. The highest BCUT2D eigenvalue weighted by Gasteiger charge is 2.33. The Kier molecular flexibility index (Phi) is 9.18. The Morgan fingerprint density at radius 1 is 1.07 bits per heavy atom. The summed E-state index contributed by atoms with van der Waals surface area (Å²) < 4.78 is 47.8. The van der Waals surface area contributed by atoms with Crippen LogP contribution in [-0.4, -0.2) is 57.3 Å². The van der Waals surface area contributed by atoms with Crippen LogP contribution in [0.3, 0.4) is 0 Å². The number of hydrogen-bond donors (Lipinski definition) is 1. The average molecular weight is 638 g/mol.